The fraction of sp³-hybridized carbons (Fsp3) is 0.385. The minimum atomic E-state index is -4.44. The van der Waals surface area contributed by atoms with Crippen LogP contribution in [-0.2, 0) is 11.9 Å². The van der Waals surface area contributed by atoms with Crippen LogP contribution in [0.2, 0.25) is 0 Å². The summed E-state index contributed by atoms with van der Waals surface area (Å²) in [6, 6.07) is 3.03. The summed E-state index contributed by atoms with van der Waals surface area (Å²) >= 11 is 1.63. The van der Waals surface area contributed by atoms with Crippen molar-refractivity contribution in [2.24, 2.45) is 0 Å². The van der Waals surface area contributed by atoms with Crippen molar-refractivity contribution < 1.29 is 17.7 Å². The highest BCUT2D eigenvalue weighted by molar-refractivity contribution is 7.98. The summed E-state index contributed by atoms with van der Waals surface area (Å²) in [4.78, 5) is 4.09. The van der Waals surface area contributed by atoms with E-state index in [1.54, 1.807) is 11.8 Å². The van der Waals surface area contributed by atoms with E-state index in [9.17, 15) is 13.2 Å². The Labute approximate surface area is 123 Å². The SMILES string of the molecule is CCCSCc1noc(-c2cc(C(F)(F)F)ccc2N)n1. The lowest BCUT2D eigenvalue weighted by molar-refractivity contribution is -0.137. The van der Waals surface area contributed by atoms with Crippen molar-refractivity contribution in [1.82, 2.24) is 10.1 Å². The smallest absolute Gasteiger partial charge is 0.398 e. The third-order valence-electron chi connectivity index (χ3n) is 2.66. The van der Waals surface area contributed by atoms with Crippen LogP contribution in [0.3, 0.4) is 0 Å². The quantitative estimate of drug-likeness (QED) is 0.667. The van der Waals surface area contributed by atoms with E-state index in [4.69, 9.17) is 10.3 Å². The van der Waals surface area contributed by atoms with Crippen LogP contribution < -0.4 is 5.73 Å². The zero-order valence-corrected chi connectivity index (χ0v) is 12.1. The molecule has 1 aromatic heterocycles. The first-order chi connectivity index (χ1) is 9.91. The number of anilines is 1. The molecule has 0 aliphatic carbocycles. The topological polar surface area (TPSA) is 64.9 Å². The fourth-order valence-electron chi connectivity index (χ4n) is 1.65. The Balaban J connectivity index is 2.25. The van der Waals surface area contributed by atoms with E-state index in [1.807, 2.05) is 0 Å². The summed E-state index contributed by atoms with van der Waals surface area (Å²) in [5.74, 6) is 1.96. The molecule has 0 saturated heterocycles. The normalized spacial score (nSPS) is 11.8. The first-order valence-electron chi connectivity index (χ1n) is 6.29. The summed E-state index contributed by atoms with van der Waals surface area (Å²) in [7, 11) is 0. The Bertz CT molecular complexity index is 613. The van der Waals surface area contributed by atoms with Crippen molar-refractivity contribution in [3.05, 3.63) is 29.6 Å². The molecule has 0 aliphatic heterocycles. The van der Waals surface area contributed by atoms with Gasteiger partial charge in [0.05, 0.1) is 16.9 Å². The number of aromatic nitrogens is 2. The monoisotopic (exact) mass is 317 g/mol. The Morgan fingerprint density at radius 3 is 2.76 bits per heavy atom. The van der Waals surface area contributed by atoms with Crippen molar-refractivity contribution >= 4 is 17.4 Å². The number of benzene rings is 1. The van der Waals surface area contributed by atoms with Crippen LogP contribution in [0.1, 0.15) is 24.7 Å². The molecule has 1 heterocycles. The van der Waals surface area contributed by atoms with Crippen LogP contribution in [0.25, 0.3) is 11.5 Å². The van der Waals surface area contributed by atoms with E-state index < -0.39 is 11.7 Å². The zero-order valence-electron chi connectivity index (χ0n) is 11.3. The highest BCUT2D eigenvalue weighted by Crippen LogP contribution is 2.34. The number of halogens is 3. The molecule has 2 aromatic rings. The van der Waals surface area contributed by atoms with Gasteiger partial charge in [-0.3, -0.25) is 0 Å². The molecular weight excluding hydrogens is 303 g/mol. The summed E-state index contributed by atoms with van der Waals surface area (Å²) in [6.45, 7) is 2.05. The minimum Gasteiger partial charge on any atom is -0.398 e. The fourth-order valence-corrected chi connectivity index (χ4v) is 2.38. The van der Waals surface area contributed by atoms with Crippen molar-refractivity contribution in [1.29, 1.82) is 0 Å². The first-order valence-corrected chi connectivity index (χ1v) is 7.44. The first kappa shape index (κ1) is 15.7. The van der Waals surface area contributed by atoms with Crippen molar-refractivity contribution in [3.63, 3.8) is 0 Å². The van der Waals surface area contributed by atoms with Crippen LogP contribution >= 0.6 is 11.8 Å². The average Bonchev–Trinajstić information content (AvgIpc) is 2.87. The maximum Gasteiger partial charge on any atom is 0.416 e. The number of nitrogens with zero attached hydrogens (tertiary/aromatic N) is 2. The molecule has 2 rings (SSSR count). The summed E-state index contributed by atoms with van der Waals surface area (Å²) in [5, 5.41) is 3.75. The molecule has 1 aromatic carbocycles. The molecular formula is C13H14F3N3OS. The van der Waals surface area contributed by atoms with Gasteiger partial charge in [-0.15, -0.1) is 0 Å². The molecule has 2 N–H and O–H groups in total. The van der Waals surface area contributed by atoms with E-state index >= 15 is 0 Å². The second-order valence-electron chi connectivity index (χ2n) is 4.37. The van der Waals surface area contributed by atoms with Gasteiger partial charge in [-0.1, -0.05) is 12.1 Å². The number of rotatable bonds is 5. The largest absolute Gasteiger partial charge is 0.416 e. The maximum atomic E-state index is 12.7. The van der Waals surface area contributed by atoms with Crippen LogP contribution in [0.15, 0.2) is 22.7 Å². The Morgan fingerprint density at radius 1 is 1.33 bits per heavy atom. The van der Waals surface area contributed by atoms with Crippen LogP contribution in [0.5, 0.6) is 0 Å². The Hall–Kier alpha value is -1.70. The highest BCUT2D eigenvalue weighted by atomic mass is 32.2. The molecule has 0 fully saturated rings. The van der Waals surface area contributed by atoms with Crippen LogP contribution in [0.4, 0.5) is 18.9 Å². The zero-order chi connectivity index (χ0) is 15.5. The molecule has 0 unspecified atom stereocenters. The highest BCUT2D eigenvalue weighted by Gasteiger charge is 2.31. The van der Waals surface area contributed by atoms with Crippen molar-refractivity contribution in [2.75, 3.05) is 11.5 Å². The molecule has 21 heavy (non-hydrogen) atoms. The van der Waals surface area contributed by atoms with Gasteiger partial charge in [0, 0.05) is 5.69 Å². The van der Waals surface area contributed by atoms with Gasteiger partial charge in [0.25, 0.3) is 5.89 Å². The van der Waals surface area contributed by atoms with Gasteiger partial charge < -0.3 is 10.3 Å². The molecule has 0 saturated carbocycles. The van der Waals surface area contributed by atoms with Crippen molar-refractivity contribution in [2.45, 2.75) is 25.3 Å². The number of thioether (sulfide) groups is 1. The van der Waals surface area contributed by atoms with Gasteiger partial charge in [-0.25, -0.2) is 0 Å². The molecule has 0 atom stereocenters. The third kappa shape index (κ3) is 3.90. The van der Waals surface area contributed by atoms with E-state index in [1.165, 1.54) is 6.07 Å². The predicted molar refractivity (Wildman–Crippen MR) is 75.6 cm³/mol. The lowest BCUT2D eigenvalue weighted by Gasteiger charge is -2.08. The molecule has 0 spiro atoms. The number of nitrogens with two attached hydrogens (primary N) is 1. The molecule has 0 aliphatic rings. The molecule has 114 valence electrons. The Morgan fingerprint density at radius 2 is 2.10 bits per heavy atom. The summed E-state index contributed by atoms with van der Waals surface area (Å²) in [5.41, 5.74) is 5.16. The van der Waals surface area contributed by atoms with E-state index in [0.29, 0.717) is 11.6 Å². The molecule has 8 heteroatoms. The molecule has 0 radical (unpaired) electrons. The van der Waals surface area contributed by atoms with E-state index in [0.717, 1.165) is 24.3 Å². The number of hydrogen-bond donors (Lipinski definition) is 1. The maximum absolute atomic E-state index is 12.7. The lowest BCUT2D eigenvalue weighted by atomic mass is 10.1. The van der Waals surface area contributed by atoms with Crippen LogP contribution in [-0.4, -0.2) is 15.9 Å². The van der Waals surface area contributed by atoms with Gasteiger partial charge in [0.1, 0.15) is 0 Å². The van der Waals surface area contributed by atoms with Gasteiger partial charge in [0.2, 0.25) is 0 Å². The third-order valence-corrected chi connectivity index (χ3v) is 3.82. The van der Waals surface area contributed by atoms with E-state index in [-0.39, 0.29) is 17.1 Å². The summed E-state index contributed by atoms with van der Waals surface area (Å²) < 4.78 is 43.2. The molecule has 0 amide bonds. The van der Waals surface area contributed by atoms with Crippen molar-refractivity contribution in [3.8, 4) is 11.5 Å². The lowest BCUT2D eigenvalue weighted by Crippen LogP contribution is -2.05. The second kappa shape index (κ2) is 6.38. The van der Waals surface area contributed by atoms with Gasteiger partial charge >= 0.3 is 6.18 Å². The van der Waals surface area contributed by atoms with Gasteiger partial charge in [-0.2, -0.15) is 29.9 Å². The van der Waals surface area contributed by atoms with Gasteiger partial charge in [0.15, 0.2) is 5.82 Å². The second-order valence-corrected chi connectivity index (χ2v) is 5.47. The van der Waals surface area contributed by atoms with E-state index in [2.05, 4.69) is 17.1 Å². The van der Waals surface area contributed by atoms with Crippen LogP contribution in [0, 0.1) is 0 Å². The predicted octanol–water partition coefficient (Wildman–Crippen LogP) is 3.98. The van der Waals surface area contributed by atoms with Gasteiger partial charge in [-0.05, 0) is 30.4 Å². The standard InChI is InChI=1S/C13H14F3N3OS/c1-2-5-21-7-11-18-12(20-19-11)9-6-8(13(14,15)16)3-4-10(9)17/h3-4,6H,2,5,7,17H2,1H3. The number of hydrogen-bond acceptors (Lipinski definition) is 5. The summed E-state index contributed by atoms with van der Waals surface area (Å²) in [6.07, 6.45) is -3.42. The molecule has 0 bridgehead atoms. The number of alkyl halides is 3. The Kier molecular flexibility index (Phi) is 4.76. The minimum absolute atomic E-state index is 0.00528. The number of nitrogen functional groups attached to an aromatic ring is 1. The average molecular weight is 317 g/mol. The molecule has 4 nitrogen and oxygen atoms in total.